The van der Waals surface area contributed by atoms with Gasteiger partial charge in [-0.2, -0.15) is 0 Å². The molecule has 0 saturated carbocycles. The van der Waals surface area contributed by atoms with Crippen molar-refractivity contribution in [3.63, 3.8) is 0 Å². The topological polar surface area (TPSA) is 38.3 Å². The van der Waals surface area contributed by atoms with Gasteiger partial charge in [0.15, 0.2) is 0 Å². The van der Waals surface area contributed by atoms with E-state index < -0.39 is 0 Å². The summed E-state index contributed by atoms with van der Waals surface area (Å²) >= 11 is 5.79. The van der Waals surface area contributed by atoms with Crippen LogP contribution in [0.2, 0.25) is 5.02 Å². The highest BCUT2D eigenvalue weighted by Crippen LogP contribution is 2.10. The van der Waals surface area contributed by atoms with E-state index in [-0.39, 0.29) is 5.91 Å². The maximum atomic E-state index is 11.6. The molecule has 1 N–H and O–H groups in total. The maximum Gasteiger partial charge on any atom is 0.251 e. The summed E-state index contributed by atoms with van der Waals surface area (Å²) < 4.78 is 4.92. The van der Waals surface area contributed by atoms with E-state index in [9.17, 15) is 4.79 Å². The van der Waals surface area contributed by atoms with Gasteiger partial charge in [-0.05, 0) is 31.0 Å². The first-order chi connectivity index (χ1) is 7.74. The predicted molar refractivity (Wildman–Crippen MR) is 64.9 cm³/mol. The predicted octanol–water partition coefficient (Wildman–Crippen LogP) is 2.50. The lowest BCUT2D eigenvalue weighted by molar-refractivity contribution is 0.0951. The summed E-state index contributed by atoms with van der Waals surface area (Å²) in [6, 6.07) is 6.92. The molecular formula is C12H16ClNO2. The minimum Gasteiger partial charge on any atom is -0.385 e. The van der Waals surface area contributed by atoms with E-state index in [1.165, 1.54) is 0 Å². The van der Waals surface area contributed by atoms with Crippen LogP contribution < -0.4 is 5.32 Å². The molecule has 0 aliphatic carbocycles. The molecule has 0 saturated heterocycles. The normalized spacial score (nSPS) is 10.1. The van der Waals surface area contributed by atoms with Gasteiger partial charge in [0.05, 0.1) is 0 Å². The Balaban J connectivity index is 2.30. The second-order valence-corrected chi connectivity index (χ2v) is 3.90. The van der Waals surface area contributed by atoms with E-state index >= 15 is 0 Å². The van der Waals surface area contributed by atoms with Crippen LogP contribution in [0.5, 0.6) is 0 Å². The zero-order valence-electron chi connectivity index (χ0n) is 9.33. The summed E-state index contributed by atoms with van der Waals surface area (Å²) in [4.78, 5) is 11.6. The Morgan fingerprint density at radius 3 is 2.94 bits per heavy atom. The van der Waals surface area contributed by atoms with Crippen LogP contribution in [0, 0.1) is 0 Å². The van der Waals surface area contributed by atoms with Crippen LogP contribution in [0.1, 0.15) is 23.2 Å². The Bertz CT molecular complexity index is 342. The van der Waals surface area contributed by atoms with Gasteiger partial charge in [0.1, 0.15) is 0 Å². The fourth-order valence-corrected chi connectivity index (χ4v) is 1.50. The smallest absolute Gasteiger partial charge is 0.251 e. The van der Waals surface area contributed by atoms with E-state index in [2.05, 4.69) is 5.32 Å². The monoisotopic (exact) mass is 241 g/mol. The highest BCUT2D eigenvalue weighted by molar-refractivity contribution is 6.30. The quantitative estimate of drug-likeness (QED) is 0.778. The number of hydrogen-bond acceptors (Lipinski definition) is 2. The first kappa shape index (κ1) is 13.0. The fraction of sp³-hybridized carbons (Fsp3) is 0.417. The minimum absolute atomic E-state index is 0.0834. The number of methoxy groups -OCH3 is 1. The molecule has 1 rings (SSSR count). The molecule has 0 radical (unpaired) electrons. The molecular weight excluding hydrogens is 226 g/mol. The molecule has 0 heterocycles. The third-order valence-corrected chi connectivity index (χ3v) is 2.38. The molecule has 0 unspecified atom stereocenters. The fourth-order valence-electron chi connectivity index (χ4n) is 1.31. The van der Waals surface area contributed by atoms with Crippen molar-refractivity contribution in [1.82, 2.24) is 5.32 Å². The van der Waals surface area contributed by atoms with E-state index in [1.54, 1.807) is 31.4 Å². The molecule has 0 fully saturated rings. The second-order valence-electron chi connectivity index (χ2n) is 3.47. The van der Waals surface area contributed by atoms with Crippen molar-refractivity contribution < 1.29 is 9.53 Å². The van der Waals surface area contributed by atoms with Crippen LogP contribution in [0.25, 0.3) is 0 Å². The van der Waals surface area contributed by atoms with Crippen molar-refractivity contribution in [3.05, 3.63) is 34.9 Å². The molecule has 1 aromatic rings. The highest BCUT2D eigenvalue weighted by Gasteiger charge is 2.04. The van der Waals surface area contributed by atoms with E-state index in [1.807, 2.05) is 0 Å². The van der Waals surface area contributed by atoms with E-state index in [0.29, 0.717) is 17.1 Å². The van der Waals surface area contributed by atoms with Crippen molar-refractivity contribution in [2.24, 2.45) is 0 Å². The zero-order valence-corrected chi connectivity index (χ0v) is 10.1. The number of amides is 1. The number of rotatable bonds is 6. The van der Waals surface area contributed by atoms with Crippen LogP contribution in [0.4, 0.5) is 0 Å². The van der Waals surface area contributed by atoms with Gasteiger partial charge in [-0.3, -0.25) is 4.79 Å². The van der Waals surface area contributed by atoms with Gasteiger partial charge in [-0.15, -0.1) is 0 Å². The summed E-state index contributed by atoms with van der Waals surface area (Å²) in [5, 5.41) is 3.41. The summed E-state index contributed by atoms with van der Waals surface area (Å²) in [6.45, 7) is 1.39. The number of unbranched alkanes of at least 4 members (excludes halogenated alkanes) is 1. The molecule has 4 heteroatoms. The molecule has 0 aromatic heterocycles. The van der Waals surface area contributed by atoms with E-state index in [0.717, 1.165) is 19.4 Å². The van der Waals surface area contributed by atoms with Crippen molar-refractivity contribution in [2.75, 3.05) is 20.3 Å². The van der Waals surface area contributed by atoms with Crippen molar-refractivity contribution in [2.45, 2.75) is 12.8 Å². The highest BCUT2D eigenvalue weighted by atomic mass is 35.5. The molecule has 16 heavy (non-hydrogen) atoms. The lowest BCUT2D eigenvalue weighted by Gasteiger charge is -2.05. The average Bonchev–Trinajstić information content (AvgIpc) is 2.28. The first-order valence-electron chi connectivity index (χ1n) is 5.26. The summed E-state index contributed by atoms with van der Waals surface area (Å²) in [7, 11) is 1.67. The second kappa shape index (κ2) is 7.25. The molecule has 0 bridgehead atoms. The number of hydrogen-bond donors (Lipinski definition) is 1. The molecule has 0 atom stereocenters. The largest absolute Gasteiger partial charge is 0.385 e. The van der Waals surface area contributed by atoms with Crippen LogP contribution in [0.3, 0.4) is 0 Å². The lowest BCUT2D eigenvalue weighted by Crippen LogP contribution is -2.24. The lowest BCUT2D eigenvalue weighted by atomic mass is 10.2. The molecule has 88 valence electrons. The molecule has 1 amide bonds. The van der Waals surface area contributed by atoms with Gasteiger partial charge in [0, 0.05) is 30.8 Å². The third-order valence-electron chi connectivity index (χ3n) is 2.15. The average molecular weight is 242 g/mol. The Labute approximate surface area is 101 Å². The minimum atomic E-state index is -0.0834. The van der Waals surface area contributed by atoms with Crippen molar-refractivity contribution in [3.8, 4) is 0 Å². The number of nitrogens with one attached hydrogen (secondary N) is 1. The summed E-state index contributed by atoms with van der Waals surface area (Å²) in [6.07, 6.45) is 1.87. The van der Waals surface area contributed by atoms with Gasteiger partial charge in [-0.25, -0.2) is 0 Å². The van der Waals surface area contributed by atoms with Gasteiger partial charge < -0.3 is 10.1 Å². The Kier molecular flexibility index (Phi) is 5.90. The number of ether oxygens (including phenoxy) is 1. The Morgan fingerprint density at radius 2 is 2.25 bits per heavy atom. The van der Waals surface area contributed by atoms with Crippen molar-refractivity contribution >= 4 is 17.5 Å². The molecule has 0 aliphatic heterocycles. The number of benzene rings is 1. The number of carbonyl (C=O) groups excluding carboxylic acids is 1. The standard InChI is InChI=1S/C12H16ClNO2/c1-16-8-3-2-7-14-12(15)10-5-4-6-11(13)9-10/h4-6,9H,2-3,7-8H2,1H3,(H,14,15). The number of halogens is 1. The summed E-state index contributed by atoms with van der Waals surface area (Å²) in [5.74, 6) is -0.0834. The molecule has 1 aromatic carbocycles. The molecule has 0 spiro atoms. The van der Waals surface area contributed by atoms with Crippen LogP contribution in [-0.2, 0) is 4.74 Å². The zero-order chi connectivity index (χ0) is 11.8. The third kappa shape index (κ3) is 4.64. The van der Waals surface area contributed by atoms with Gasteiger partial charge >= 0.3 is 0 Å². The molecule has 0 aliphatic rings. The van der Waals surface area contributed by atoms with Crippen LogP contribution >= 0.6 is 11.6 Å². The Morgan fingerprint density at radius 1 is 1.44 bits per heavy atom. The van der Waals surface area contributed by atoms with Crippen LogP contribution in [-0.4, -0.2) is 26.2 Å². The SMILES string of the molecule is COCCCCNC(=O)c1cccc(Cl)c1. The van der Waals surface area contributed by atoms with E-state index in [4.69, 9.17) is 16.3 Å². The van der Waals surface area contributed by atoms with Crippen LogP contribution in [0.15, 0.2) is 24.3 Å². The van der Waals surface area contributed by atoms with Gasteiger partial charge in [0.25, 0.3) is 5.91 Å². The van der Waals surface area contributed by atoms with Gasteiger partial charge in [0.2, 0.25) is 0 Å². The number of carbonyl (C=O) groups is 1. The first-order valence-corrected chi connectivity index (χ1v) is 5.64. The summed E-state index contributed by atoms with van der Waals surface area (Å²) in [5.41, 5.74) is 0.597. The Hall–Kier alpha value is -1.06. The van der Waals surface area contributed by atoms with Crippen molar-refractivity contribution in [1.29, 1.82) is 0 Å². The maximum absolute atomic E-state index is 11.6. The molecule has 3 nitrogen and oxygen atoms in total. The van der Waals surface area contributed by atoms with Gasteiger partial charge in [-0.1, -0.05) is 17.7 Å².